The molecule has 0 unspecified atom stereocenters. The van der Waals surface area contributed by atoms with Crippen molar-refractivity contribution in [3.63, 3.8) is 0 Å². The number of nitrogens with zero attached hydrogens (tertiary/aromatic N) is 4. The SMILES string of the molecule is Cc1csc(NC(=O)Oc2nc(C)sc2Nc2cc(C3CC3)nn2C)n1. The zero-order valence-corrected chi connectivity index (χ0v) is 16.2. The first kappa shape index (κ1) is 17.0. The van der Waals surface area contributed by atoms with E-state index in [-0.39, 0.29) is 5.88 Å². The number of aryl methyl sites for hydroxylation is 3. The monoisotopic (exact) mass is 390 g/mol. The first-order chi connectivity index (χ1) is 12.5. The van der Waals surface area contributed by atoms with Gasteiger partial charge in [0.15, 0.2) is 10.1 Å². The molecule has 3 aromatic rings. The van der Waals surface area contributed by atoms with Crippen LogP contribution in [-0.4, -0.2) is 25.8 Å². The van der Waals surface area contributed by atoms with Gasteiger partial charge in [-0.25, -0.2) is 14.8 Å². The highest BCUT2D eigenvalue weighted by Gasteiger charge is 2.27. The number of aromatic nitrogens is 4. The highest BCUT2D eigenvalue weighted by atomic mass is 32.1. The van der Waals surface area contributed by atoms with Crippen LogP contribution in [-0.2, 0) is 7.05 Å². The van der Waals surface area contributed by atoms with Crippen LogP contribution in [0.15, 0.2) is 11.4 Å². The lowest BCUT2D eigenvalue weighted by molar-refractivity contribution is 0.214. The number of thiazole rings is 2. The van der Waals surface area contributed by atoms with E-state index in [0.29, 0.717) is 16.1 Å². The molecule has 1 amide bonds. The summed E-state index contributed by atoms with van der Waals surface area (Å²) >= 11 is 2.77. The topological polar surface area (TPSA) is 94.0 Å². The molecule has 26 heavy (non-hydrogen) atoms. The van der Waals surface area contributed by atoms with Gasteiger partial charge in [-0.05, 0) is 26.7 Å². The first-order valence-corrected chi connectivity index (χ1v) is 9.87. The molecule has 1 saturated carbocycles. The molecule has 1 fully saturated rings. The zero-order valence-electron chi connectivity index (χ0n) is 14.6. The smallest absolute Gasteiger partial charge is 0.388 e. The molecule has 4 rings (SSSR count). The van der Waals surface area contributed by atoms with Gasteiger partial charge >= 0.3 is 6.09 Å². The second kappa shape index (κ2) is 6.69. The fourth-order valence-corrected chi connectivity index (χ4v) is 3.90. The normalized spacial score (nSPS) is 13.7. The molecule has 1 aliphatic rings. The van der Waals surface area contributed by atoms with Crippen LogP contribution in [0.3, 0.4) is 0 Å². The summed E-state index contributed by atoms with van der Waals surface area (Å²) in [5.41, 5.74) is 1.94. The highest BCUT2D eigenvalue weighted by Crippen LogP contribution is 2.41. The van der Waals surface area contributed by atoms with Crippen LogP contribution >= 0.6 is 22.7 Å². The van der Waals surface area contributed by atoms with Crippen molar-refractivity contribution in [1.29, 1.82) is 0 Å². The standard InChI is InChI=1S/C16H18N6O2S2/c1-8-7-25-15(17-8)20-16(23)24-13-14(26-9(2)18-13)19-12-6-11(10-4-5-10)21-22(12)3/h6-7,10,19H,4-5H2,1-3H3,(H,17,20,23). The Labute approximate surface area is 158 Å². The van der Waals surface area contributed by atoms with E-state index in [0.717, 1.165) is 22.2 Å². The third-order valence-electron chi connectivity index (χ3n) is 3.86. The van der Waals surface area contributed by atoms with E-state index in [1.54, 1.807) is 4.68 Å². The number of carbonyl (C=O) groups is 1. The molecule has 1 aliphatic carbocycles. The number of rotatable bonds is 5. The van der Waals surface area contributed by atoms with E-state index >= 15 is 0 Å². The number of hydrogen-bond acceptors (Lipinski definition) is 8. The molecule has 8 nitrogen and oxygen atoms in total. The van der Waals surface area contributed by atoms with Crippen molar-refractivity contribution < 1.29 is 9.53 Å². The van der Waals surface area contributed by atoms with Crippen LogP contribution < -0.4 is 15.4 Å². The van der Waals surface area contributed by atoms with Gasteiger partial charge in [0.25, 0.3) is 5.88 Å². The van der Waals surface area contributed by atoms with Gasteiger partial charge in [0.2, 0.25) is 0 Å². The predicted octanol–water partition coefficient (Wildman–Crippen LogP) is 4.18. The predicted molar refractivity (Wildman–Crippen MR) is 102 cm³/mol. The summed E-state index contributed by atoms with van der Waals surface area (Å²) in [6.45, 7) is 3.73. The molecule has 0 saturated heterocycles. The molecule has 0 bridgehead atoms. The fraction of sp³-hybridized carbons (Fsp3) is 0.375. The van der Waals surface area contributed by atoms with E-state index < -0.39 is 6.09 Å². The third-order valence-corrected chi connectivity index (χ3v) is 5.60. The first-order valence-electron chi connectivity index (χ1n) is 8.17. The fourth-order valence-electron chi connectivity index (χ4n) is 2.47. The van der Waals surface area contributed by atoms with Gasteiger partial charge in [-0.1, -0.05) is 11.3 Å². The second-order valence-corrected chi connectivity index (χ2v) is 8.21. The highest BCUT2D eigenvalue weighted by molar-refractivity contribution is 7.16. The van der Waals surface area contributed by atoms with Gasteiger partial charge in [0, 0.05) is 24.4 Å². The Morgan fingerprint density at radius 2 is 2.15 bits per heavy atom. The Morgan fingerprint density at radius 1 is 1.35 bits per heavy atom. The van der Waals surface area contributed by atoms with Gasteiger partial charge in [-0.3, -0.25) is 10.00 Å². The van der Waals surface area contributed by atoms with Gasteiger partial charge in [-0.15, -0.1) is 11.3 Å². The largest absolute Gasteiger partial charge is 0.420 e. The zero-order chi connectivity index (χ0) is 18.3. The number of ether oxygens (including phenoxy) is 1. The molecular formula is C16H18N6O2S2. The van der Waals surface area contributed by atoms with Crippen molar-refractivity contribution in [2.45, 2.75) is 32.6 Å². The van der Waals surface area contributed by atoms with Crippen molar-refractivity contribution in [2.24, 2.45) is 7.05 Å². The average Bonchev–Trinajstić information content (AvgIpc) is 3.13. The lowest BCUT2D eigenvalue weighted by atomic mass is 10.3. The molecule has 136 valence electrons. The Morgan fingerprint density at radius 3 is 2.85 bits per heavy atom. The third kappa shape index (κ3) is 3.70. The lowest BCUT2D eigenvalue weighted by Crippen LogP contribution is -2.17. The molecular weight excluding hydrogens is 372 g/mol. The maximum absolute atomic E-state index is 12.1. The molecule has 10 heteroatoms. The minimum atomic E-state index is -0.614. The lowest BCUT2D eigenvalue weighted by Gasteiger charge is -2.06. The number of hydrogen-bond donors (Lipinski definition) is 2. The van der Waals surface area contributed by atoms with Crippen LogP contribution in [0.2, 0.25) is 0 Å². The van der Waals surface area contributed by atoms with Crippen LogP contribution in [0, 0.1) is 13.8 Å². The van der Waals surface area contributed by atoms with Crippen LogP contribution in [0.5, 0.6) is 5.88 Å². The van der Waals surface area contributed by atoms with Gasteiger partial charge in [0.05, 0.1) is 16.4 Å². The molecule has 0 radical (unpaired) electrons. The minimum absolute atomic E-state index is 0.243. The maximum Gasteiger partial charge on any atom is 0.420 e. The summed E-state index contributed by atoms with van der Waals surface area (Å²) in [4.78, 5) is 20.6. The number of carbonyl (C=O) groups excluding carboxylic acids is 1. The second-order valence-electron chi connectivity index (χ2n) is 6.15. The Balaban J connectivity index is 1.48. The van der Waals surface area contributed by atoms with Gasteiger partial charge < -0.3 is 10.1 Å². The Bertz CT molecular complexity index is 956. The quantitative estimate of drug-likeness (QED) is 0.679. The Hall–Kier alpha value is -2.46. The molecule has 2 N–H and O–H groups in total. The van der Waals surface area contributed by atoms with E-state index in [1.165, 1.54) is 35.5 Å². The number of amides is 1. The van der Waals surface area contributed by atoms with E-state index in [1.807, 2.05) is 32.3 Å². The van der Waals surface area contributed by atoms with Crippen molar-refractivity contribution in [1.82, 2.24) is 19.7 Å². The molecule has 0 aromatic carbocycles. The molecule has 0 atom stereocenters. The summed E-state index contributed by atoms with van der Waals surface area (Å²) in [6.07, 6.45) is 1.78. The Kier molecular flexibility index (Phi) is 4.37. The number of anilines is 3. The van der Waals surface area contributed by atoms with Crippen LogP contribution in [0.4, 0.5) is 20.7 Å². The summed E-state index contributed by atoms with van der Waals surface area (Å²) in [5.74, 6) is 1.66. The van der Waals surface area contributed by atoms with E-state index in [9.17, 15) is 4.79 Å². The van der Waals surface area contributed by atoms with Gasteiger partial charge in [-0.2, -0.15) is 5.10 Å². The average molecular weight is 390 g/mol. The molecule has 0 aliphatic heterocycles. The van der Waals surface area contributed by atoms with E-state index in [4.69, 9.17) is 4.74 Å². The summed E-state index contributed by atoms with van der Waals surface area (Å²) in [7, 11) is 1.89. The van der Waals surface area contributed by atoms with Crippen molar-refractivity contribution >= 4 is 44.7 Å². The summed E-state index contributed by atoms with van der Waals surface area (Å²) < 4.78 is 7.18. The van der Waals surface area contributed by atoms with Crippen molar-refractivity contribution in [2.75, 3.05) is 10.6 Å². The van der Waals surface area contributed by atoms with Crippen molar-refractivity contribution in [3.05, 3.63) is 27.8 Å². The maximum atomic E-state index is 12.1. The van der Waals surface area contributed by atoms with E-state index in [2.05, 4.69) is 25.7 Å². The van der Waals surface area contributed by atoms with Crippen LogP contribution in [0.25, 0.3) is 0 Å². The van der Waals surface area contributed by atoms with Crippen LogP contribution in [0.1, 0.15) is 35.2 Å². The summed E-state index contributed by atoms with van der Waals surface area (Å²) in [6, 6.07) is 2.04. The summed E-state index contributed by atoms with van der Waals surface area (Å²) in [5, 5.41) is 14.2. The molecule has 3 aromatic heterocycles. The molecule has 0 spiro atoms. The molecule has 3 heterocycles. The minimum Gasteiger partial charge on any atom is -0.388 e. The number of nitrogens with one attached hydrogen (secondary N) is 2. The van der Waals surface area contributed by atoms with Gasteiger partial charge in [0.1, 0.15) is 5.82 Å². The van der Waals surface area contributed by atoms with Crippen molar-refractivity contribution in [3.8, 4) is 5.88 Å².